The van der Waals surface area contributed by atoms with Crippen LogP contribution in [0.1, 0.15) is 33.3 Å². The van der Waals surface area contributed by atoms with Gasteiger partial charge in [0.25, 0.3) is 0 Å². The van der Waals surface area contributed by atoms with Gasteiger partial charge in [-0.05, 0) is 33.3 Å². The van der Waals surface area contributed by atoms with Gasteiger partial charge in [0.15, 0.2) is 5.96 Å². The lowest BCUT2D eigenvalue weighted by atomic mass is 9.96. The number of benzene rings is 1. The molecule has 1 amide bonds. The Hall–Kier alpha value is -2.28. The Morgan fingerprint density at radius 2 is 1.96 bits per heavy atom. The molecule has 2 aliphatic heterocycles. The van der Waals surface area contributed by atoms with E-state index in [1.165, 1.54) is 0 Å². The Kier molecular flexibility index (Phi) is 5.33. The molecule has 7 heteroatoms. The number of amides is 1. The van der Waals surface area contributed by atoms with Crippen molar-refractivity contribution in [1.82, 2.24) is 15.1 Å². The summed E-state index contributed by atoms with van der Waals surface area (Å²) in [6, 6.07) is 9.76. The van der Waals surface area contributed by atoms with E-state index in [0.29, 0.717) is 32.7 Å². The zero-order valence-electron chi connectivity index (χ0n) is 16.6. The first kappa shape index (κ1) is 19.5. The maximum Gasteiger partial charge on any atom is 0.410 e. The van der Waals surface area contributed by atoms with Gasteiger partial charge in [-0.15, -0.1) is 0 Å². The third-order valence-electron chi connectivity index (χ3n) is 4.84. The van der Waals surface area contributed by atoms with Crippen LogP contribution in [0.5, 0.6) is 0 Å². The minimum Gasteiger partial charge on any atom is -0.444 e. The van der Waals surface area contributed by atoms with Crippen LogP contribution in [-0.2, 0) is 10.3 Å². The SMILES string of the molecule is CC(C)(C)OC(=O)N1CCN2C(NCC(C)(O)c3ccccc3)=NCC2C1. The summed E-state index contributed by atoms with van der Waals surface area (Å²) in [5.74, 6) is 0.792. The van der Waals surface area contributed by atoms with Gasteiger partial charge < -0.3 is 25.0 Å². The zero-order valence-corrected chi connectivity index (χ0v) is 16.6. The molecule has 2 N–H and O–H groups in total. The average Bonchev–Trinajstić information content (AvgIpc) is 3.02. The molecular formula is C20H30N4O3. The summed E-state index contributed by atoms with van der Waals surface area (Å²) in [5, 5.41) is 14.1. The maximum absolute atomic E-state index is 12.3. The first-order valence-electron chi connectivity index (χ1n) is 9.46. The van der Waals surface area contributed by atoms with Gasteiger partial charge >= 0.3 is 6.09 Å². The number of hydrogen-bond acceptors (Lipinski definition) is 6. The fraction of sp³-hybridized carbons (Fsp3) is 0.600. The number of aliphatic imine (C=N–C) groups is 1. The molecule has 2 unspecified atom stereocenters. The van der Waals surface area contributed by atoms with Crippen LogP contribution in [0.15, 0.2) is 35.3 Å². The average molecular weight is 374 g/mol. The number of guanidine groups is 1. The molecule has 1 aromatic carbocycles. The second-order valence-corrected chi connectivity index (χ2v) is 8.43. The van der Waals surface area contributed by atoms with Gasteiger partial charge in [-0.2, -0.15) is 0 Å². The van der Waals surface area contributed by atoms with Crippen molar-refractivity contribution in [2.75, 3.05) is 32.7 Å². The number of carbonyl (C=O) groups excluding carboxylic acids is 1. The van der Waals surface area contributed by atoms with Crippen molar-refractivity contribution in [3.63, 3.8) is 0 Å². The highest BCUT2D eigenvalue weighted by Crippen LogP contribution is 2.21. The van der Waals surface area contributed by atoms with Crippen LogP contribution >= 0.6 is 0 Å². The lowest BCUT2D eigenvalue weighted by molar-refractivity contribution is 0.0136. The monoisotopic (exact) mass is 374 g/mol. The molecular weight excluding hydrogens is 344 g/mol. The Morgan fingerprint density at radius 3 is 2.63 bits per heavy atom. The molecule has 1 saturated heterocycles. The molecule has 7 nitrogen and oxygen atoms in total. The molecule has 2 aliphatic rings. The number of nitrogens with zero attached hydrogens (tertiary/aromatic N) is 3. The fourth-order valence-corrected chi connectivity index (χ4v) is 3.37. The van der Waals surface area contributed by atoms with E-state index >= 15 is 0 Å². The molecule has 1 fully saturated rings. The molecule has 2 heterocycles. The van der Waals surface area contributed by atoms with E-state index < -0.39 is 11.2 Å². The molecule has 27 heavy (non-hydrogen) atoms. The van der Waals surface area contributed by atoms with Crippen molar-refractivity contribution in [3.8, 4) is 0 Å². The van der Waals surface area contributed by atoms with Crippen LogP contribution in [0, 0.1) is 0 Å². The summed E-state index contributed by atoms with van der Waals surface area (Å²) in [4.78, 5) is 20.8. The van der Waals surface area contributed by atoms with Gasteiger partial charge in [0, 0.05) is 19.6 Å². The van der Waals surface area contributed by atoms with E-state index in [1.54, 1.807) is 11.8 Å². The number of rotatable bonds is 3. The minimum absolute atomic E-state index is 0.149. The summed E-state index contributed by atoms with van der Waals surface area (Å²) < 4.78 is 5.48. The first-order chi connectivity index (χ1) is 12.7. The van der Waals surface area contributed by atoms with E-state index in [9.17, 15) is 9.90 Å². The number of hydrogen-bond donors (Lipinski definition) is 2. The van der Waals surface area contributed by atoms with Crippen LogP contribution in [-0.4, -0.2) is 71.3 Å². The molecule has 0 aliphatic carbocycles. The van der Waals surface area contributed by atoms with E-state index in [-0.39, 0.29) is 12.1 Å². The van der Waals surface area contributed by atoms with E-state index in [4.69, 9.17) is 4.74 Å². The lowest BCUT2D eigenvalue weighted by Crippen LogP contribution is -2.58. The van der Waals surface area contributed by atoms with Gasteiger partial charge in [-0.1, -0.05) is 30.3 Å². The third kappa shape index (κ3) is 4.71. The zero-order chi connectivity index (χ0) is 19.7. The van der Waals surface area contributed by atoms with Gasteiger partial charge in [-0.3, -0.25) is 4.99 Å². The van der Waals surface area contributed by atoms with Gasteiger partial charge in [0.2, 0.25) is 0 Å². The predicted molar refractivity (Wildman–Crippen MR) is 105 cm³/mol. The van der Waals surface area contributed by atoms with Crippen LogP contribution in [0.2, 0.25) is 0 Å². The molecule has 0 aromatic heterocycles. The normalized spacial score (nSPS) is 22.0. The lowest BCUT2D eigenvalue weighted by Gasteiger charge is -2.39. The second kappa shape index (κ2) is 7.38. The number of aliphatic hydroxyl groups is 1. The fourth-order valence-electron chi connectivity index (χ4n) is 3.37. The largest absolute Gasteiger partial charge is 0.444 e. The maximum atomic E-state index is 12.3. The Bertz CT molecular complexity index is 697. The topological polar surface area (TPSA) is 77.4 Å². The Balaban J connectivity index is 1.54. The van der Waals surface area contributed by atoms with Crippen molar-refractivity contribution < 1.29 is 14.6 Å². The van der Waals surface area contributed by atoms with Crippen molar-refractivity contribution in [2.24, 2.45) is 4.99 Å². The molecule has 0 radical (unpaired) electrons. The Labute approximate surface area is 161 Å². The number of piperazine rings is 1. The smallest absolute Gasteiger partial charge is 0.410 e. The molecule has 1 aromatic rings. The van der Waals surface area contributed by atoms with Crippen LogP contribution in [0.25, 0.3) is 0 Å². The highest BCUT2D eigenvalue weighted by molar-refractivity contribution is 5.82. The molecule has 148 valence electrons. The standard InChI is InChI=1S/C20H30N4O3/c1-19(2,3)27-18(25)23-10-11-24-16(13-23)12-21-17(24)22-14-20(4,26)15-8-6-5-7-9-15/h5-9,16,26H,10-14H2,1-4H3,(H,21,22). The third-order valence-corrected chi connectivity index (χ3v) is 4.84. The van der Waals surface area contributed by atoms with Crippen LogP contribution in [0.3, 0.4) is 0 Å². The minimum atomic E-state index is -0.986. The van der Waals surface area contributed by atoms with E-state index in [1.807, 2.05) is 51.1 Å². The predicted octanol–water partition coefficient (Wildman–Crippen LogP) is 1.77. The van der Waals surface area contributed by atoms with E-state index in [2.05, 4.69) is 15.2 Å². The molecule has 0 spiro atoms. The van der Waals surface area contributed by atoms with Gasteiger partial charge in [0.1, 0.15) is 11.2 Å². The first-order valence-corrected chi connectivity index (χ1v) is 9.46. The van der Waals surface area contributed by atoms with Crippen molar-refractivity contribution in [2.45, 2.75) is 44.9 Å². The molecule has 0 bridgehead atoms. The van der Waals surface area contributed by atoms with Crippen molar-refractivity contribution in [1.29, 1.82) is 0 Å². The summed E-state index contributed by atoms with van der Waals surface area (Å²) in [7, 11) is 0. The summed E-state index contributed by atoms with van der Waals surface area (Å²) in [5.41, 5.74) is -0.613. The summed E-state index contributed by atoms with van der Waals surface area (Å²) in [6.07, 6.45) is -0.268. The van der Waals surface area contributed by atoms with Gasteiger partial charge in [0.05, 0.1) is 19.1 Å². The number of fused-ring (bicyclic) bond motifs is 1. The quantitative estimate of drug-likeness (QED) is 0.843. The highest BCUT2D eigenvalue weighted by Gasteiger charge is 2.37. The van der Waals surface area contributed by atoms with E-state index in [0.717, 1.165) is 11.5 Å². The Morgan fingerprint density at radius 1 is 1.26 bits per heavy atom. The number of nitrogens with one attached hydrogen (secondary N) is 1. The molecule has 3 rings (SSSR count). The summed E-state index contributed by atoms with van der Waals surface area (Å²) >= 11 is 0. The molecule has 2 atom stereocenters. The highest BCUT2D eigenvalue weighted by atomic mass is 16.6. The molecule has 0 saturated carbocycles. The number of carbonyl (C=O) groups is 1. The summed E-state index contributed by atoms with van der Waals surface area (Å²) in [6.45, 7) is 10.3. The van der Waals surface area contributed by atoms with Crippen LogP contribution < -0.4 is 5.32 Å². The van der Waals surface area contributed by atoms with Crippen molar-refractivity contribution in [3.05, 3.63) is 35.9 Å². The second-order valence-electron chi connectivity index (χ2n) is 8.43. The van der Waals surface area contributed by atoms with Gasteiger partial charge in [-0.25, -0.2) is 4.79 Å². The van der Waals surface area contributed by atoms with Crippen LogP contribution in [0.4, 0.5) is 4.79 Å². The number of ether oxygens (including phenoxy) is 1. The van der Waals surface area contributed by atoms with Crippen molar-refractivity contribution >= 4 is 12.1 Å².